The monoisotopic (exact) mass is 277 g/mol. The molecule has 4 nitrogen and oxygen atoms in total. The Morgan fingerprint density at radius 1 is 0.905 bits per heavy atom. The number of benzene rings is 2. The van der Waals surface area contributed by atoms with Gasteiger partial charge >= 0.3 is 5.97 Å². The second kappa shape index (κ2) is 5.54. The summed E-state index contributed by atoms with van der Waals surface area (Å²) in [7, 11) is 0. The number of ketones is 1. The Morgan fingerprint density at radius 2 is 1.62 bits per heavy atom. The van der Waals surface area contributed by atoms with Crippen LogP contribution in [0.3, 0.4) is 0 Å². The van der Waals surface area contributed by atoms with Gasteiger partial charge in [-0.3, -0.25) is 4.79 Å². The Bertz CT molecular complexity index is 798. The fraction of sp³-hybridized carbons (Fsp3) is 0. The van der Waals surface area contributed by atoms with Gasteiger partial charge in [-0.1, -0.05) is 35.5 Å². The molecule has 0 radical (unpaired) electrons. The van der Waals surface area contributed by atoms with E-state index in [1.54, 1.807) is 12.1 Å². The minimum absolute atomic E-state index is 0.116. The van der Waals surface area contributed by atoms with Crippen LogP contribution in [0.5, 0.6) is 0 Å². The average Bonchev–Trinajstić information content (AvgIpc) is 2.53. The van der Waals surface area contributed by atoms with Gasteiger partial charge in [0.05, 0.1) is 5.56 Å². The van der Waals surface area contributed by atoms with Crippen molar-refractivity contribution in [2.45, 2.75) is 0 Å². The summed E-state index contributed by atoms with van der Waals surface area (Å²) in [4.78, 5) is 27.8. The predicted molar refractivity (Wildman–Crippen MR) is 80.1 cm³/mol. The summed E-state index contributed by atoms with van der Waals surface area (Å²) in [5.41, 5.74) is 0.849. The van der Waals surface area contributed by atoms with E-state index in [-0.39, 0.29) is 5.78 Å². The maximum atomic E-state index is 12.0. The van der Waals surface area contributed by atoms with Crippen molar-refractivity contribution in [3.63, 3.8) is 0 Å². The number of carbonyl (C=O) groups is 2. The lowest BCUT2D eigenvalue weighted by Gasteiger charge is -2.02. The first-order chi connectivity index (χ1) is 10.2. The average molecular weight is 277 g/mol. The largest absolute Gasteiger partial charge is 0.365 e. The number of fused-ring (bicyclic) bond motifs is 1. The summed E-state index contributed by atoms with van der Waals surface area (Å²) in [6, 6.07) is 13.1. The Labute approximate surface area is 121 Å². The van der Waals surface area contributed by atoms with Gasteiger partial charge in [-0.2, -0.15) is 0 Å². The first-order valence-electron chi connectivity index (χ1n) is 6.41. The second-order valence-corrected chi connectivity index (χ2v) is 4.53. The quantitative estimate of drug-likeness (QED) is 0.481. The highest BCUT2D eigenvalue weighted by Gasteiger charge is 2.08. The molecule has 1 aliphatic carbocycles. The third-order valence-electron chi connectivity index (χ3n) is 3.06. The molecule has 0 aromatic heterocycles. The smallest absolute Gasteiger partial charge is 0.312 e. The lowest BCUT2D eigenvalue weighted by molar-refractivity contribution is -0.110. The molecule has 21 heavy (non-hydrogen) atoms. The molecule has 0 unspecified atom stereocenters. The zero-order valence-corrected chi connectivity index (χ0v) is 11.0. The zero-order valence-electron chi connectivity index (χ0n) is 11.0. The van der Waals surface area contributed by atoms with Crippen LogP contribution < -0.4 is 0 Å². The lowest BCUT2D eigenvalue weighted by atomic mass is 10.1. The molecule has 2 aromatic carbocycles. The molecular weight excluding hydrogens is 266 g/mol. The van der Waals surface area contributed by atoms with Gasteiger partial charge in [0, 0.05) is 0 Å². The molecule has 0 spiro atoms. The minimum atomic E-state index is -0.535. The van der Waals surface area contributed by atoms with Crippen molar-refractivity contribution >= 4 is 28.2 Å². The van der Waals surface area contributed by atoms with Crippen molar-refractivity contribution in [3.05, 3.63) is 72.3 Å². The summed E-state index contributed by atoms with van der Waals surface area (Å²) >= 11 is 0. The predicted octanol–water partition coefficient (Wildman–Crippen LogP) is 3.05. The van der Waals surface area contributed by atoms with Crippen LogP contribution in [0, 0.1) is 0 Å². The first-order valence-corrected chi connectivity index (χ1v) is 6.41. The second-order valence-electron chi connectivity index (χ2n) is 4.53. The number of hydrogen-bond acceptors (Lipinski definition) is 4. The van der Waals surface area contributed by atoms with Crippen LogP contribution in [0.25, 0.3) is 10.8 Å². The van der Waals surface area contributed by atoms with Gasteiger partial charge in [0.15, 0.2) is 5.78 Å². The number of nitrogens with zero attached hydrogens (tertiary/aromatic N) is 1. The molecule has 1 aliphatic rings. The molecule has 0 saturated carbocycles. The number of carbonyl (C=O) groups excluding carboxylic acids is 2. The molecule has 4 heteroatoms. The van der Waals surface area contributed by atoms with Gasteiger partial charge in [-0.15, -0.1) is 0 Å². The van der Waals surface area contributed by atoms with Crippen molar-refractivity contribution in [3.8, 4) is 0 Å². The molecule has 0 aliphatic heterocycles. The normalized spacial score (nSPS) is 13.5. The Morgan fingerprint density at radius 3 is 2.38 bits per heavy atom. The van der Waals surface area contributed by atoms with Gasteiger partial charge in [0.1, 0.15) is 5.71 Å². The third kappa shape index (κ3) is 2.95. The molecule has 0 bridgehead atoms. The number of oxime groups is 1. The molecular formula is C17H11NO3. The molecule has 0 N–H and O–H groups in total. The molecule has 0 atom stereocenters. The Balaban J connectivity index is 1.78. The van der Waals surface area contributed by atoms with Crippen LogP contribution in [0.1, 0.15) is 10.4 Å². The summed E-state index contributed by atoms with van der Waals surface area (Å²) in [5, 5.41) is 5.73. The van der Waals surface area contributed by atoms with E-state index < -0.39 is 5.97 Å². The van der Waals surface area contributed by atoms with Crippen LogP contribution >= 0.6 is 0 Å². The number of rotatable bonds is 2. The summed E-state index contributed by atoms with van der Waals surface area (Å²) in [6.45, 7) is 0. The van der Waals surface area contributed by atoms with E-state index in [9.17, 15) is 9.59 Å². The highest BCUT2D eigenvalue weighted by molar-refractivity contribution is 6.16. The summed E-state index contributed by atoms with van der Waals surface area (Å²) < 4.78 is 0. The zero-order chi connectivity index (χ0) is 14.7. The minimum Gasteiger partial charge on any atom is -0.312 e. The maximum Gasteiger partial charge on any atom is 0.365 e. The van der Waals surface area contributed by atoms with E-state index in [4.69, 9.17) is 4.84 Å². The summed E-state index contributed by atoms with van der Waals surface area (Å²) in [5.74, 6) is -0.651. The van der Waals surface area contributed by atoms with Crippen LogP contribution in [-0.4, -0.2) is 17.5 Å². The van der Waals surface area contributed by atoms with Crippen molar-refractivity contribution in [2.24, 2.45) is 5.16 Å². The van der Waals surface area contributed by atoms with E-state index in [0.717, 1.165) is 10.8 Å². The Hall–Kier alpha value is -3.01. The van der Waals surface area contributed by atoms with E-state index >= 15 is 0 Å². The number of hydrogen-bond donors (Lipinski definition) is 0. The van der Waals surface area contributed by atoms with Gasteiger partial charge in [-0.25, -0.2) is 4.79 Å². The van der Waals surface area contributed by atoms with Gasteiger partial charge in [0.2, 0.25) is 0 Å². The first kappa shape index (κ1) is 13.0. The van der Waals surface area contributed by atoms with Crippen molar-refractivity contribution in [1.29, 1.82) is 0 Å². The summed E-state index contributed by atoms with van der Waals surface area (Å²) in [6.07, 6.45) is 5.72. The van der Waals surface area contributed by atoms with Crippen molar-refractivity contribution < 1.29 is 14.4 Å². The molecule has 0 heterocycles. The molecule has 3 rings (SSSR count). The lowest BCUT2D eigenvalue weighted by Crippen LogP contribution is -2.04. The van der Waals surface area contributed by atoms with Crippen LogP contribution in [-0.2, 0) is 9.63 Å². The standard InChI is InChI=1S/C17H11NO3/c19-16-9-7-15(8-10-16)18-21-17(20)14-6-5-12-3-1-2-4-13(12)11-14/h1-11H. The SMILES string of the molecule is O=C1C=CC(=NOC(=O)c2ccc3ccccc3c2)C=C1. The topological polar surface area (TPSA) is 55.7 Å². The number of allylic oxidation sites excluding steroid dienone is 4. The van der Waals surface area contributed by atoms with Gasteiger partial charge < -0.3 is 4.84 Å². The van der Waals surface area contributed by atoms with Gasteiger partial charge in [0.25, 0.3) is 0 Å². The van der Waals surface area contributed by atoms with E-state index in [1.807, 2.05) is 30.3 Å². The fourth-order valence-electron chi connectivity index (χ4n) is 1.97. The molecule has 102 valence electrons. The molecule has 0 amide bonds. The van der Waals surface area contributed by atoms with E-state index in [2.05, 4.69) is 5.16 Å². The van der Waals surface area contributed by atoms with Crippen molar-refractivity contribution in [2.75, 3.05) is 0 Å². The van der Waals surface area contributed by atoms with Crippen LogP contribution in [0.4, 0.5) is 0 Å². The fourth-order valence-corrected chi connectivity index (χ4v) is 1.97. The van der Waals surface area contributed by atoms with Gasteiger partial charge in [-0.05, 0) is 47.2 Å². The van der Waals surface area contributed by atoms with Crippen LogP contribution in [0.2, 0.25) is 0 Å². The molecule has 0 fully saturated rings. The highest BCUT2D eigenvalue weighted by Crippen LogP contribution is 2.16. The van der Waals surface area contributed by atoms with Crippen molar-refractivity contribution in [1.82, 2.24) is 0 Å². The molecule has 2 aromatic rings. The van der Waals surface area contributed by atoms with E-state index in [0.29, 0.717) is 11.3 Å². The third-order valence-corrected chi connectivity index (χ3v) is 3.06. The maximum absolute atomic E-state index is 12.0. The van der Waals surface area contributed by atoms with E-state index in [1.165, 1.54) is 24.3 Å². The highest BCUT2D eigenvalue weighted by atomic mass is 16.7. The van der Waals surface area contributed by atoms with Crippen LogP contribution in [0.15, 0.2) is 71.9 Å². The molecule has 0 saturated heterocycles. The Kier molecular flexibility index (Phi) is 3.43.